The maximum absolute atomic E-state index is 14.3. The number of hydrogen-bond donors (Lipinski definition) is 5. The number of benzene rings is 5. The number of aliphatic hydroxyl groups excluding tert-OH is 1. The fraction of sp³-hybridized carbons (Fsp3) is 0.300. The van der Waals surface area contributed by atoms with Gasteiger partial charge in [-0.15, -0.1) is 0 Å². The van der Waals surface area contributed by atoms with Gasteiger partial charge in [0.1, 0.15) is 12.1 Å². The van der Waals surface area contributed by atoms with E-state index in [9.17, 15) is 29.1 Å². The Labute approximate surface area is 353 Å². The molecule has 5 aromatic carbocycles. The monoisotopic (exact) mass is 808 g/mol. The van der Waals surface area contributed by atoms with Gasteiger partial charge in [0.2, 0.25) is 23.6 Å². The van der Waals surface area contributed by atoms with Crippen LogP contribution in [0.3, 0.4) is 0 Å². The van der Waals surface area contributed by atoms with Crippen molar-refractivity contribution in [2.45, 2.75) is 83.0 Å². The van der Waals surface area contributed by atoms with Gasteiger partial charge in [-0.05, 0) is 60.3 Å². The molecule has 10 heteroatoms. The maximum Gasteiger partial charge on any atom is 0.243 e. The third kappa shape index (κ3) is 14.2. The Morgan fingerprint density at radius 3 is 1.55 bits per heavy atom. The van der Waals surface area contributed by atoms with Crippen molar-refractivity contribution in [2.24, 2.45) is 17.6 Å². The quantitative estimate of drug-likeness (QED) is 0.0544. The third-order valence-electron chi connectivity index (χ3n) is 10.5. The van der Waals surface area contributed by atoms with Gasteiger partial charge in [0.25, 0.3) is 0 Å². The van der Waals surface area contributed by atoms with E-state index in [2.05, 4.69) is 16.0 Å². The normalized spacial score (nSPS) is 13.6. The van der Waals surface area contributed by atoms with E-state index in [1.165, 1.54) is 0 Å². The van der Waals surface area contributed by atoms with Gasteiger partial charge in [-0.3, -0.25) is 24.0 Å². The van der Waals surface area contributed by atoms with Gasteiger partial charge in [-0.2, -0.15) is 0 Å². The average molecular weight is 809 g/mol. The Morgan fingerprint density at radius 2 is 1.02 bits per heavy atom. The van der Waals surface area contributed by atoms with Crippen molar-refractivity contribution in [1.82, 2.24) is 16.0 Å². The molecule has 0 aliphatic heterocycles. The molecule has 0 aliphatic carbocycles. The first-order valence-electron chi connectivity index (χ1n) is 20.6. The lowest BCUT2D eigenvalue weighted by Crippen LogP contribution is -2.55. The van der Waals surface area contributed by atoms with Crippen molar-refractivity contribution in [2.75, 3.05) is 0 Å². The minimum absolute atomic E-state index is 0.0106. The van der Waals surface area contributed by atoms with Crippen molar-refractivity contribution in [1.29, 1.82) is 0 Å². The van der Waals surface area contributed by atoms with Crippen LogP contribution in [0.5, 0.6) is 0 Å². The Bertz CT molecular complexity index is 2130. The highest BCUT2D eigenvalue weighted by Gasteiger charge is 2.32. The molecule has 0 fully saturated rings. The van der Waals surface area contributed by atoms with E-state index in [4.69, 9.17) is 5.73 Å². The average Bonchev–Trinajstić information content (AvgIpc) is 3.25. The number of carbonyl (C=O) groups is 5. The summed E-state index contributed by atoms with van der Waals surface area (Å²) in [5.41, 5.74) is 10.4. The van der Waals surface area contributed by atoms with Crippen LogP contribution >= 0.6 is 0 Å². The van der Waals surface area contributed by atoms with Crippen molar-refractivity contribution < 1.29 is 29.1 Å². The van der Waals surface area contributed by atoms with E-state index in [0.29, 0.717) is 30.4 Å². The summed E-state index contributed by atoms with van der Waals surface area (Å²) in [5, 5.41) is 20.7. The van der Waals surface area contributed by atoms with E-state index in [1.54, 1.807) is 24.3 Å². The van der Waals surface area contributed by atoms with Crippen LogP contribution in [0.1, 0.15) is 71.3 Å². The molecule has 4 amide bonds. The van der Waals surface area contributed by atoms with Gasteiger partial charge in [-0.1, -0.05) is 159 Å². The minimum atomic E-state index is -1.14. The number of amides is 4. The third-order valence-corrected chi connectivity index (χ3v) is 10.5. The lowest BCUT2D eigenvalue weighted by atomic mass is 9.88. The number of rotatable bonds is 22. The number of primary amides is 1. The number of ketones is 1. The van der Waals surface area contributed by atoms with Crippen LogP contribution in [-0.4, -0.2) is 58.7 Å². The second-order valence-electron chi connectivity index (χ2n) is 15.8. The first kappa shape index (κ1) is 44.7. The zero-order valence-corrected chi connectivity index (χ0v) is 34.3. The van der Waals surface area contributed by atoms with Crippen LogP contribution in [0, 0.1) is 11.8 Å². The fourth-order valence-corrected chi connectivity index (χ4v) is 7.24. The summed E-state index contributed by atoms with van der Waals surface area (Å²) < 4.78 is 0. The van der Waals surface area contributed by atoms with Gasteiger partial charge in [0, 0.05) is 29.9 Å². The molecule has 0 bridgehead atoms. The molecule has 0 unspecified atom stereocenters. The van der Waals surface area contributed by atoms with E-state index in [0.717, 1.165) is 22.3 Å². The maximum atomic E-state index is 14.3. The molecular weight excluding hydrogens is 753 g/mol. The second kappa shape index (κ2) is 22.7. The minimum Gasteiger partial charge on any atom is -0.391 e. The molecule has 5 aromatic rings. The molecule has 10 nitrogen and oxygen atoms in total. The van der Waals surface area contributed by atoms with Gasteiger partial charge >= 0.3 is 0 Å². The summed E-state index contributed by atoms with van der Waals surface area (Å²) in [7, 11) is 0. The molecule has 0 heterocycles. The first-order valence-corrected chi connectivity index (χ1v) is 20.6. The Kier molecular flexibility index (Phi) is 16.9. The molecule has 0 radical (unpaired) electrons. The summed E-state index contributed by atoms with van der Waals surface area (Å²) >= 11 is 0. The first-order chi connectivity index (χ1) is 28.9. The van der Waals surface area contributed by atoms with Crippen LogP contribution in [0.4, 0.5) is 0 Å². The number of aryl methyl sites for hydroxylation is 1. The Hall–Kier alpha value is -6.39. The summed E-state index contributed by atoms with van der Waals surface area (Å²) in [6.07, 6.45) is 0.491. The van der Waals surface area contributed by atoms with Gasteiger partial charge in [0.05, 0.1) is 12.1 Å². The number of nitrogens with two attached hydrogens (primary N) is 1. The highest BCUT2D eigenvalue weighted by molar-refractivity contribution is 6.09. The van der Waals surface area contributed by atoms with Crippen molar-refractivity contribution in [3.8, 4) is 0 Å². The molecule has 0 aliphatic rings. The van der Waals surface area contributed by atoms with Crippen LogP contribution in [-0.2, 0) is 44.9 Å². The van der Waals surface area contributed by atoms with Crippen molar-refractivity contribution in [3.63, 3.8) is 0 Å². The van der Waals surface area contributed by atoms with Crippen LogP contribution in [0.15, 0.2) is 146 Å². The zero-order valence-electron chi connectivity index (χ0n) is 34.3. The second-order valence-corrected chi connectivity index (χ2v) is 15.8. The van der Waals surface area contributed by atoms with E-state index in [1.807, 2.05) is 135 Å². The molecular formula is C50H56N4O6. The summed E-state index contributed by atoms with van der Waals surface area (Å²) in [5.74, 6) is -2.76. The molecule has 0 saturated heterocycles. The Balaban J connectivity index is 1.29. The molecule has 5 atom stereocenters. The van der Waals surface area contributed by atoms with Gasteiger partial charge in [0.15, 0.2) is 5.78 Å². The lowest BCUT2D eigenvalue weighted by Gasteiger charge is -2.29. The van der Waals surface area contributed by atoms with Crippen LogP contribution in [0.2, 0.25) is 0 Å². The predicted molar refractivity (Wildman–Crippen MR) is 234 cm³/mol. The van der Waals surface area contributed by atoms with Crippen molar-refractivity contribution >= 4 is 29.4 Å². The molecule has 60 heavy (non-hydrogen) atoms. The zero-order chi connectivity index (χ0) is 42.9. The van der Waals surface area contributed by atoms with Gasteiger partial charge in [-0.25, -0.2) is 0 Å². The molecule has 312 valence electrons. The molecule has 6 N–H and O–H groups in total. The molecule has 0 aromatic heterocycles. The van der Waals surface area contributed by atoms with E-state index >= 15 is 0 Å². The Morgan fingerprint density at radius 1 is 0.533 bits per heavy atom. The van der Waals surface area contributed by atoms with E-state index < -0.39 is 47.9 Å². The SMILES string of the molecule is CC(C)C[C@H](NC(=O)[C@H](Cc1ccccc1)C[C@@H](O)[C@H](Cc1ccccc1)NC(=O)CCc1ccc(C(=O)c2ccccc2)cc1)C(=O)N[C@@H](Cc1ccccc1)C(N)=O. The summed E-state index contributed by atoms with van der Waals surface area (Å²) in [6.45, 7) is 3.87. The topological polar surface area (TPSA) is 168 Å². The molecule has 5 rings (SSSR count). The number of carbonyl (C=O) groups excluding carboxylic acids is 5. The largest absolute Gasteiger partial charge is 0.391 e. The standard InChI is InChI=1S/C50H56N4O6/c1-34(2)29-44(50(60)53-43(48(51)58)32-38-19-11-5-12-20-38)54-49(59)41(30-36-15-7-3-8-16-36)33-45(55)42(31-37-17-9-4-10-18-37)52-46(56)28-25-35-23-26-40(27-24-35)47(57)39-21-13-6-14-22-39/h3-24,26-27,34,41-45,55H,25,28-33H2,1-2H3,(H2,51,58)(H,52,56)(H,53,60)(H,54,59)/t41-,42+,43+,44+,45-/m1/s1. The van der Waals surface area contributed by atoms with E-state index in [-0.39, 0.29) is 43.3 Å². The molecule has 0 spiro atoms. The number of hydrogen-bond acceptors (Lipinski definition) is 6. The summed E-state index contributed by atoms with van der Waals surface area (Å²) in [4.78, 5) is 66.9. The lowest BCUT2D eigenvalue weighted by molar-refractivity contribution is -0.133. The summed E-state index contributed by atoms with van der Waals surface area (Å²) in [6, 6.07) is 41.7. The number of nitrogens with one attached hydrogen (secondary N) is 3. The molecule has 0 saturated carbocycles. The number of aliphatic hydroxyl groups is 1. The van der Waals surface area contributed by atoms with Crippen LogP contribution in [0.25, 0.3) is 0 Å². The fourth-order valence-electron chi connectivity index (χ4n) is 7.24. The smallest absolute Gasteiger partial charge is 0.243 e. The highest BCUT2D eigenvalue weighted by Crippen LogP contribution is 2.21. The predicted octanol–water partition coefficient (Wildman–Crippen LogP) is 5.93. The van der Waals surface area contributed by atoms with Crippen molar-refractivity contribution in [3.05, 3.63) is 179 Å². The van der Waals surface area contributed by atoms with Crippen LogP contribution < -0.4 is 21.7 Å². The van der Waals surface area contributed by atoms with Gasteiger partial charge < -0.3 is 26.8 Å². The highest BCUT2D eigenvalue weighted by atomic mass is 16.3.